The van der Waals surface area contributed by atoms with E-state index in [0.717, 1.165) is 38.7 Å². The average Bonchev–Trinajstić information content (AvgIpc) is 3.22. The average molecular weight is 390 g/mol. The van der Waals surface area contributed by atoms with Crippen LogP contribution in [0.2, 0.25) is 0 Å². The molecule has 0 saturated carbocycles. The summed E-state index contributed by atoms with van der Waals surface area (Å²) in [5.74, 6) is 3.07. The molecular formula is C16H12BrN3O2S. The molecule has 0 fully saturated rings. The SMILES string of the molecule is Brc1cc2c(cc1CSc1n[nH]c(-c3ccccc3)n1)OCO2. The van der Waals surface area contributed by atoms with Gasteiger partial charge in [-0.25, -0.2) is 4.98 Å². The summed E-state index contributed by atoms with van der Waals surface area (Å²) in [6.07, 6.45) is 0. The molecule has 0 atom stereocenters. The van der Waals surface area contributed by atoms with Crippen LogP contribution in [0.15, 0.2) is 52.1 Å². The predicted molar refractivity (Wildman–Crippen MR) is 91.6 cm³/mol. The van der Waals surface area contributed by atoms with E-state index in [-0.39, 0.29) is 6.79 Å². The highest BCUT2D eigenvalue weighted by Crippen LogP contribution is 2.38. The van der Waals surface area contributed by atoms with Crippen molar-refractivity contribution in [2.75, 3.05) is 6.79 Å². The van der Waals surface area contributed by atoms with Crippen LogP contribution >= 0.6 is 27.7 Å². The molecule has 5 nitrogen and oxygen atoms in total. The molecule has 0 unspecified atom stereocenters. The number of rotatable bonds is 4. The number of hydrogen-bond acceptors (Lipinski definition) is 5. The summed E-state index contributed by atoms with van der Waals surface area (Å²) >= 11 is 5.14. The van der Waals surface area contributed by atoms with Gasteiger partial charge < -0.3 is 9.47 Å². The maximum Gasteiger partial charge on any atom is 0.231 e. The molecule has 4 rings (SSSR count). The van der Waals surface area contributed by atoms with Crippen molar-refractivity contribution in [3.05, 3.63) is 52.5 Å². The highest BCUT2D eigenvalue weighted by molar-refractivity contribution is 9.10. The van der Waals surface area contributed by atoms with Gasteiger partial charge in [-0.15, -0.1) is 5.10 Å². The molecule has 1 aliphatic rings. The zero-order valence-electron chi connectivity index (χ0n) is 12.0. The molecule has 0 saturated heterocycles. The second kappa shape index (κ2) is 6.25. The molecule has 0 bridgehead atoms. The van der Waals surface area contributed by atoms with Gasteiger partial charge in [0.05, 0.1) is 0 Å². The molecule has 3 aromatic rings. The molecule has 2 aromatic carbocycles. The van der Waals surface area contributed by atoms with Gasteiger partial charge in [0.1, 0.15) is 0 Å². The van der Waals surface area contributed by atoms with Gasteiger partial charge in [0.25, 0.3) is 0 Å². The standard InChI is InChI=1S/C16H12BrN3O2S/c17-12-7-14-13(21-9-22-14)6-11(12)8-23-16-18-15(19-20-16)10-4-2-1-3-5-10/h1-7H,8-9H2,(H,18,19,20). The quantitative estimate of drug-likeness (QED) is 0.675. The van der Waals surface area contributed by atoms with Crippen LogP contribution in [0, 0.1) is 0 Å². The largest absolute Gasteiger partial charge is 0.454 e. The molecule has 116 valence electrons. The minimum atomic E-state index is 0.278. The highest BCUT2D eigenvalue weighted by Gasteiger charge is 2.17. The Bertz CT molecular complexity index is 839. The van der Waals surface area contributed by atoms with Gasteiger partial charge in [0.2, 0.25) is 11.9 Å². The van der Waals surface area contributed by atoms with E-state index in [0.29, 0.717) is 5.16 Å². The molecule has 0 aliphatic carbocycles. The van der Waals surface area contributed by atoms with Crippen molar-refractivity contribution in [1.82, 2.24) is 15.2 Å². The Kier molecular flexibility index (Phi) is 3.97. The van der Waals surface area contributed by atoms with Crippen molar-refractivity contribution in [3.63, 3.8) is 0 Å². The number of benzene rings is 2. The van der Waals surface area contributed by atoms with Crippen LogP contribution in [0.25, 0.3) is 11.4 Å². The van der Waals surface area contributed by atoms with Crippen LogP contribution in [0.5, 0.6) is 11.5 Å². The molecule has 2 heterocycles. The number of aromatic nitrogens is 3. The highest BCUT2D eigenvalue weighted by atomic mass is 79.9. The van der Waals surface area contributed by atoms with Gasteiger partial charge >= 0.3 is 0 Å². The third-order valence-electron chi connectivity index (χ3n) is 3.41. The molecular weight excluding hydrogens is 378 g/mol. The first-order valence-corrected chi connectivity index (χ1v) is 8.76. The summed E-state index contributed by atoms with van der Waals surface area (Å²) < 4.78 is 11.8. The summed E-state index contributed by atoms with van der Waals surface area (Å²) in [6.45, 7) is 0.278. The molecule has 1 aromatic heterocycles. The van der Waals surface area contributed by atoms with Gasteiger partial charge in [-0.2, -0.15) is 0 Å². The lowest BCUT2D eigenvalue weighted by molar-refractivity contribution is 0.174. The first kappa shape index (κ1) is 14.6. The third-order valence-corrected chi connectivity index (χ3v) is 5.04. The van der Waals surface area contributed by atoms with E-state index in [1.807, 2.05) is 42.5 Å². The van der Waals surface area contributed by atoms with Crippen LogP contribution in [-0.2, 0) is 5.75 Å². The van der Waals surface area contributed by atoms with Gasteiger partial charge in [0, 0.05) is 15.8 Å². The van der Waals surface area contributed by atoms with E-state index >= 15 is 0 Å². The number of aromatic amines is 1. The second-order valence-corrected chi connectivity index (χ2v) is 6.72. The van der Waals surface area contributed by atoms with Crippen molar-refractivity contribution in [3.8, 4) is 22.9 Å². The Labute approximate surface area is 145 Å². The molecule has 0 spiro atoms. The van der Waals surface area contributed by atoms with Crippen molar-refractivity contribution in [2.24, 2.45) is 0 Å². The Morgan fingerprint density at radius 1 is 1.13 bits per heavy atom. The van der Waals surface area contributed by atoms with Crippen LogP contribution < -0.4 is 9.47 Å². The molecule has 1 aliphatic heterocycles. The van der Waals surface area contributed by atoms with Gasteiger partial charge in [-0.05, 0) is 17.7 Å². The summed E-state index contributed by atoms with van der Waals surface area (Å²) in [4.78, 5) is 4.52. The lowest BCUT2D eigenvalue weighted by atomic mass is 10.2. The first-order valence-electron chi connectivity index (χ1n) is 6.98. The lowest BCUT2D eigenvalue weighted by Crippen LogP contribution is -1.92. The van der Waals surface area contributed by atoms with Crippen molar-refractivity contribution in [1.29, 1.82) is 0 Å². The number of nitrogens with zero attached hydrogens (tertiary/aromatic N) is 2. The van der Waals surface area contributed by atoms with E-state index in [1.54, 1.807) is 11.8 Å². The van der Waals surface area contributed by atoms with Crippen LogP contribution in [-0.4, -0.2) is 22.0 Å². The van der Waals surface area contributed by atoms with Crippen LogP contribution in [0.1, 0.15) is 5.56 Å². The fraction of sp³-hybridized carbons (Fsp3) is 0.125. The van der Waals surface area contributed by atoms with Gasteiger partial charge in [-0.3, -0.25) is 5.10 Å². The smallest absolute Gasteiger partial charge is 0.231 e. The predicted octanol–water partition coefficient (Wildman–Crippen LogP) is 4.26. The van der Waals surface area contributed by atoms with E-state index in [2.05, 4.69) is 31.1 Å². The minimum absolute atomic E-state index is 0.278. The summed E-state index contributed by atoms with van der Waals surface area (Å²) in [5, 5.41) is 7.96. The lowest BCUT2D eigenvalue weighted by Gasteiger charge is -2.04. The molecule has 0 amide bonds. The zero-order valence-corrected chi connectivity index (χ0v) is 14.4. The normalized spacial score (nSPS) is 12.6. The number of fused-ring (bicyclic) bond motifs is 1. The van der Waals surface area contributed by atoms with Gasteiger partial charge in [0.15, 0.2) is 17.3 Å². The number of thioether (sulfide) groups is 1. The van der Waals surface area contributed by atoms with E-state index in [9.17, 15) is 0 Å². The maximum absolute atomic E-state index is 5.42. The Balaban J connectivity index is 1.49. The zero-order chi connectivity index (χ0) is 15.6. The van der Waals surface area contributed by atoms with E-state index in [1.165, 1.54) is 0 Å². The van der Waals surface area contributed by atoms with Crippen molar-refractivity contribution >= 4 is 27.7 Å². The molecule has 23 heavy (non-hydrogen) atoms. The Morgan fingerprint density at radius 2 is 1.91 bits per heavy atom. The summed E-state index contributed by atoms with van der Waals surface area (Å²) in [5.41, 5.74) is 2.14. The number of halogens is 1. The van der Waals surface area contributed by atoms with E-state index in [4.69, 9.17) is 9.47 Å². The van der Waals surface area contributed by atoms with Crippen molar-refractivity contribution in [2.45, 2.75) is 10.9 Å². The number of nitrogens with one attached hydrogen (secondary N) is 1. The third kappa shape index (κ3) is 3.07. The van der Waals surface area contributed by atoms with Gasteiger partial charge in [-0.1, -0.05) is 58.0 Å². The fourth-order valence-electron chi connectivity index (χ4n) is 2.25. The topological polar surface area (TPSA) is 60.0 Å². The van der Waals surface area contributed by atoms with Crippen LogP contribution in [0.3, 0.4) is 0 Å². The van der Waals surface area contributed by atoms with E-state index < -0.39 is 0 Å². The first-order chi connectivity index (χ1) is 11.3. The van der Waals surface area contributed by atoms with Crippen LogP contribution in [0.4, 0.5) is 0 Å². The van der Waals surface area contributed by atoms with Crippen molar-refractivity contribution < 1.29 is 9.47 Å². The number of H-pyrrole nitrogens is 1. The monoisotopic (exact) mass is 389 g/mol. The maximum atomic E-state index is 5.42. The molecule has 7 heteroatoms. The molecule has 1 N–H and O–H groups in total. The molecule has 0 radical (unpaired) electrons. The summed E-state index contributed by atoms with van der Waals surface area (Å²) in [7, 11) is 0. The Morgan fingerprint density at radius 3 is 2.74 bits per heavy atom. The number of ether oxygens (including phenoxy) is 2. The summed E-state index contributed by atoms with van der Waals surface area (Å²) in [6, 6.07) is 13.9. The minimum Gasteiger partial charge on any atom is -0.454 e. The second-order valence-electron chi connectivity index (χ2n) is 4.92. The number of hydrogen-bond donors (Lipinski definition) is 1. The fourth-order valence-corrected chi connectivity index (χ4v) is 3.69. The Hall–Kier alpha value is -1.99.